The molecule has 0 bridgehead atoms. The molecule has 1 amide bonds. The van der Waals surface area contributed by atoms with E-state index >= 15 is 0 Å². The highest BCUT2D eigenvalue weighted by Gasteiger charge is 2.13. The maximum absolute atomic E-state index is 11.5. The van der Waals surface area contributed by atoms with E-state index in [0.717, 1.165) is 5.56 Å². The summed E-state index contributed by atoms with van der Waals surface area (Å²) < 4.78 is 0. The fourth-order valence-corrected chi connectivity index (χ4v) is 1.55. The molecule has 1 aromatic carbocycles. The van der Waals surface area contributed by atoms with Crippen molar-refractivity contribution in [2.24, 2.45) is 5.92 Å². The molecule has 88 valence electrons. The Morgan fingerprint density at radius 3 is 2.31 bits per heavy atom. The summed E-state index contributed by atoms with van der Waals surface area (Å²) in [4.78, 5) is 11.5. The Balaban J connectivity index is 2.77. The summed E-state index contributed by atoms with van der Waals surface area (Å²) in [6, 6.07) is 5.30. The Hall–Kier alpha value is -0.730. The van der Waals surface area contributed by atoms with Gasteiger partial charge >= 0.3 is 0 Å². The molecule has 0 aliphatic rings. The van der Waals surface area contributed by atoms with Crippen LogP contribution in [0.5, 0.6) is 0 Å². The zero-order valence-electron chi connectivity index (χ0n) is 9.55. The third kappa shape index (κ3) is 3.39. The van der Waals surface area contributed by atoms with Crippen molar-refractivity contribution in [3.05, 3.63) is 33.8 Å². The molecule has 0 fully saturated rings. The molecule has 2 nitrogen and oxygen atoms in total. The molecule has 1 aromatic rings. The fourth-order valence-electron chi connectivity index (χ4n) is 1.25. The van der Waals surface area contributed by atoms with E-state index in [-0.39, 0.29) is 17.9 Å². The minimum absolute atomic E-state index is 0.0229. The molecular formula is C12H15Cl2NO. The Bertz CT molecular complexity index is 391. The first-order valence-electron chi connectivity index (χ1n) is 5.17. The van der Waals surface area contributed by atoms with E-state index in [1.807, 2.05) is 26.8 Å². The zero-order chi connectivity index (χ0) is 12.3. The predicted molar refractivity (Wildman–Crippen MR) is 67.9 cm³/mol. The van der Waals surface area contributed by atoms with Gasteiger partial charge in [0.25, 0.3) is 0 Å². The van der Waals surface area contributed by atoms with Crippen LogP contribution in [0.15, 0.2) is 18.2 Å². The van der Waals surface area contributed by atoms with E-state index in [0.29, 0.717) is 10.0 Å². The maximum atomic E-state index is 11.5. The van der Waals surface area contributed by atoms with Gasteiger partial charge in [0.15, 0.2) is 0 Å². The average molecular weight is 260 g/mol. The molecule has 0 spiro atoms. The van der Waals surface area contributed by atoms with Crippen molar-refractivity contribution in [3.8, 4) is 0 Å². The number of hydrogen-bond donors (Lipinski definition) is 1. The van der Waals surface area contributed by atoms with Crippen molar-refractivity contribution in [1.82, 2.24) is 5.32 Å². The van der Waals surface area contributed by atoms with Crippen LogP contribution >= 0.6 is 23.2 Å². The van der Waals surface area contributed by atoms with Gasteiger partial charge in [-0.3, -0.25) is 4.79 Å². The minimum atomic E-state index is -0.0651. The van der Waals surface area contributed by atoms with Crippen LogP contribution < -0.4 is 5.32 Å². The molecule has 4 heteroatoms. The van der Waals surface area contributed by atoms with Crippen LogP contribution in [0.1, 0.15) is 32.4 Å². The summed E-state index contributed by atoms with van der Waals surface area (Å²) in [6.45, 7) is 5.63. The third-order valence-corrected chi connectivity index (χ3v) is 3.07. The van der Waals surface area contributed by atoms with Gasteiger partial charge in [-0.05, 0) is 24.6 Å². The van der Waals surface area contributed by atoms with Crippen molar-refractivity contribution in [2.75, 3.05) is 0 Å². The first kappa shape index (κ1) is 13.3. The Morgan fingerprint density at radius 2 is 1.81 bits per heavy atom. The number of rotatable bonds is 3. The van der Waals surface area contributed by atoms with E-state index in [2.05, 4.69) is 5.32 Å². The highest BCUT2D eigenvalue weighted by molar-refractivity contribution is 6.42. The van der Waals surface area contributed by atoms with Gasteiger partial charge in [-0.2, -0.15) is 0 Å². The molecule has 0 saturated heterocycles. The lowest BCUT2D eigenvalue weighted by Crippen LogP contribution is -2.30. The first-order valence-corrected chi connectivity index (χ1v) is 5.92. The van der Waals surface area contributed by atoms with Gasteiger partial charge in [0, 0.05) is 5.92 Å². The lowest BCUT2D eigenvalue weighted by Gasteiger charge is -2.16. The monoisotopic (exact) mass is 259 g/mol. The lowest BCUT2D eigenvalue weighted by molar-refractivity contribution is -0.124. The van der Waals surface area contributed by atoms with Crippen LogP contribution in [-0.2, 0) is 4.79 Å². The smallest absolute Gasteiger partial charge is 0.223 e. The van der Waals surface area contributed by atoms with Gasteiger partial charge in [0.1, 0.15) is 0 Å². The molecule has 1 N–H and O–H groups in total. The number of carbonyl (C=O) groups excluding carboxylic acids is 1. The summed E-state index contributed by atoms with van der Waals surface area (Å²) in [7, 11) is 0. The molecule has 0 saturated carbocycles. The highest BCUT2D eigenvalue weighted by Crippen LogP contribution is 2.25. The van der Waals surface area contributed by atoms with E-state index in [1.165, 1.54) is 0 Å². The molecule has 16 heavy (non-hydrogen) atoms. The number of carbonyl (C=O) groups is 1. The molecule has 0 aromatic heterocycles. The first-order chi connectivity index (χ1) is 7.41. The van der Waals surface area contributed by atoms with Crippen molar-refractivity contribution < 1.29 is 4.79 Å². The Kier molecular flexibility index (Phi) is 4.63. The van der Waals surface area contributed by atoms with Gasteiger partial charge in [0.2, 0.25) is 5.91 Å². The molecule has 1 rings (SSSR count). The van der Waals surface area contributed by atoms with E-state index in [9.17, 15) is 4.79 Å². The lowest BCUT2D eigenvalue weighted by atomic mass is 10.1. The van der Waals surface area contributed by atoms with Gasteiger partial charge in [-0.1, -0.05) is 43.1 Å². The summed E-state index contributed by atoms with van der Waals surface area (Å²) >= 11 is 11.7. The number of halogens is 2. The normalized spacial score (nSPS) is 12.6. The zero-order valence-corrected chi connectivity index (χ0v) is 11.1. The second kappa shape index (κ2) is 5.55. The summed E-state index contributed by atoms with van der Waals surface area (Å²) in [5.74, 6) is 0.00351. The molecular weight excluding hydrogens is 245 g/mol. The fraction of sp³-hybridized carbons (Fsp3) is 0.417. The molecule has 0 aliphatic carbocycles. The third-order valence-electron chi connectivity index (χ3n) is 2.33. The minimum Gasteiger partial charge on any atom is -0.349 e. The Morgan fingerprint density at radius 1 is 1.19 bits per heavy atom. The second-order valence-corrected chi connectivity index (χ2v) is 4.87. The van der Waals surface area contributed by atoms with E-state index in [1.54, 1.807) is 12.1 Å². The average Bonchev–Trinajstić information content (AvgIpc) is 2.21. The number of amides is 1. The maximum Gasteiger partial charge on any atom is 0.223 e. The summed E-state index contributed by atoms with van der Waals surface area (Å²) in [6.07, 6.45) is 0. The van der Waals surface area contributed by atoms with Gasteiger partial charge in [-0.15, -0.1) is 0 Å². The van der Waals surface area contributed by atoms with Crippen LogP contribution in [0.3, 0.4) is 0 Å². The predicted octanol–water partition coefficient (Wildman–Crippen LogP) is 3.83. The topological polar surface area (TPSA) is 29.1 Å². The quantitative estimate of drug-likeness (QED) is 0.879. The standard InChI is InChI=1S/C12H15Cl2NO/c1-7(2)12(16)15-8(3)9-4-5-10(13)11(14)6-9/h4-8H,1-3H3,(H,15,16)/t8-/m1/s1. The van der Waals surface area contributed by atoms with Crippen LogP contribution in [0.25, 0.3) is 0 Å². The van der Waals surface area contributed by atoms with Crippen LogP contribution in [0.4, 0.5) is 0 Å². The van der Waals surface area contributed by atoms with Gasteiger partial charge < -0.3 is 5.32 Å². The van der Waals surface area contributed by atoms with Gasteiger partial charge in [-0.25, -0.2) is 0 Å². The van der Waals surface area contributed by atoms with Crippen LogP contribution in [-0.4, -0.2) is 5.91 Å². The summed E-state index contributed by atoms with van der Waals surface area (Å²) in [5, 5.41) is 3.93. The second-order valence-electron chi connectivity index (χ2n) is 4.06. The van der Waals surface area contributed by atoms with Crippen molar-refractivity contribution in [3.63, 3.8) is 0 Å². The van der Waals surface area contributed by atoms with Gasteiger partial charge in [0.05, 0.1) is 16.1 Å². The van der Waals surface area contributed by atoms with Crippen molar-refractivity contribution >= 4 is 29.1 Å². The van der Waals surface area contributed by atoms with Crippen LogP contribution in [0.2, 0.25) is 10.0 Å². The van der Waals surface area contributed by atoms with Crippen LogP contribution in [0, 0.1) is 5.92 Å². The van der Waals surface area contributed by atoms with Crippen molar-refractivity contribution in [2.45, 2.75) is 26.8 Å². The molecule has 0 heterocycles. The SMILES string of the molecule is CC(C)C(=O)N[C@H](C)c1ccc(Cl)c(Cl)c1. The van der Waals surface area contributed by atoms with E-state index in [4.69, 9.17) is 23.2 Å². The largest absolute Gasteiger partial charge is 0.349 e. The number of benzene rings is 1. The molecule has 1 atom stereocenters. The number of nitrogens with one attached hydrogen (secondary N) is 1. The van der Waals surface area contributed by atoms with Crippen molar-refractivity contribution in [1.29, 1.82) is 0 Å². The van der Waals surface area contributed by atoms with E-state index < -0.39 is 0 Å². The molecule has 0 radical (unpaired) electrons. The molecule has 0 unspecified atom stereocenters. The molecule has 0 aliphatic heterocycles. The summed E-state index contributed by atoms with van der Waals surface area (Å²) in [5.41, 5.74) is 0.948. The highest BCUT2D eigenvalue weighted by atomic mass is 35.5. The number of hydrogen-bond acceptors (Lipinski definition) is 1. The Labute approximate surface area is 106 Å².